The van der Waals surface area contributed by atoms with Gasteiger partial charge in [-0.2, -0.15) is 4.68 Å². The molecule has 0 saturated heterocycles. The molecule has 0 unspecified atom stereocenters. The second-order valence-electron chi connectivity index (χ2n) is 5.19. The van der Waals surface area contributed by atoms with Gasteiger partial charge >= 0.3 is 5.76 Å². The van der Waals surface area contributed by atoms with Gasteiger partial charge in [0.2, 0.25) is 5.89 Å². The molecule has 7 heteroatoms. The number of benzene rings is 1. The monoisotopic (exact) mass is 374 g/mol. The molecule has 0 N–H and O–H groups in total. The van der Waals surface area contributed by atoms with Crippen molar-refractivity contribution in [2.45, 2.75) is 13.2 Å². The number of halogens is 1. The Kier molecular flexibility index (Phi) is 4.68. The van der Waals surface area contributed by atoms with Gasteiger partial charge in [-0.15, -0.1) is 5.10 Å². The van der Waals surface area contributed by atoms with Crippen molar-refractivity contribution in [3.63, 3.8) is 0 Å². The van der Waals surface area contributed by atoms with Gasteiger partial charge in [-0.05, 0) is 36.9 Å². The Labute approximate surface area is 141 Å². The summed E-state index contributed by atoms with van der Waals surface area (Å²) in [6, 6.07) is 11.5. The Balaban J connectivity index is 1.73. The van der Waals surface area contributed by atoms with E-state index in [9.17, 15) is 4.79 Å². The Bertz CT molecular complexity index is 845. The van der Waals surface area contributed by atoms with Gasteiger partial charge in [-0.1, -0.05) is 28.1 Å². The first-order valence-corrected chi connectivity index (χ1v) is 7.82. The van der Waals surface area contributed by atoms with Crippen molar-refractivity contribution < 1.29 is 4.42 Å². The lowest BCUT2D eigenvalue weighted by molar-refractivity contribution is 0.237. The van der Waals surface area contributed by atoms with E-state index in [2.05, 4.69) is 26.0 Å². The van der Waals surface area contributed by atoms with Crippen LogP contribution >= 0.6 is 15.9 Å². The third-order valence-electron chi connectivity index (χ3n) is 3.25. The Morgan fingerprint density at radius 2 is 2.04 bits per heavy atom. The van der Waals surface area contributed by atoms with Gasteiger partial charge in [-0.3, -0.25) is 9.88 Å². The van der Waals surface area contributed by atoms with Crippen LogP contribution in [0.25, 0.3) is 11.5 Å². The van der Waals surface area contributed by atoms with Crippen molar-refractivity contribution in [1.82, 2.24) is 19.7 Å². The van der Waals surface area contributed by atoms with E-state index in [1.54, 1.807) is 24.5 Å². The van der Waals surface area contributed by atoms with Crippen molar-refractivity contribution in [1.29, 1.82) is 0 Å². The summed E-state index contributed by atoms with van der Waals surface area (Å²) in [5, 5.41) is 4.24. The van der Waals surface area contributed by atoms with E-state index in [4.69, 9.17) is 4.42 Å². The molecule has 0 aliphatic carbocycles. The average molecular weight is 375 g/mol. The van der Waals surface area contributed by atoms with Gasteiger partial charge in [0.15, 0.2) is 0 Å². The van der Waals surface area contributed by atoms with Gasteiger partial charge in [-0.25, -0.2) is 4.79 Å². The van der Waals surface area contributed by atoms with Crippen LogP contribution in [-0.4, -0.2) is 26.7 Å². The minimum absolute atomic E-state index is 0.299. The fraction of sp³-hybridized carbons (Fsp3) is 0.188. The van der Waals surface area contributed by atoms with Crippen LogP contribution < -0.4 is 5.76 Å². The summed E-state index contributed by atoms with van der Waals surface area (Å²) in [5.74, 6) is -0.175. The van der Waals surface area contributed by atoms with E-state index in [0.717, 1.165) is 15.6 Å². The summed E-state index contributed by atoms with van der Waals surface area (Å²) >= 11 is 3.45. The van der Waals surface area contributed by atoms with Gasteiger partial charge in [0, 0.05) is 29.0 Å². The predicted octanol–water partition coefficient (Wildman–Crippen LogP) is 2.75. The van der Waals surface area contributed by atoms with Crippen LogP contribution in [0.15, 0.2) is 62.5 Å². The number of nitrogens with zero attached hydrogens (tertiary/aromatic N) is 4. The molecule has 0 fully saturated rings. The molecule has 0 atom stereocenters. The molecule has 2 heterocycles. The largest absolute Gasteiger partial charge is 0.438 e. The SMILES string of the molecule is CN(Cc1cccc(Br)c1)Cn1nc(-c2ccncc2)oc1=O. The Hall–Kier alpha value is -2.25. The molecule has 0 aliphatic rings. The molecule has 0 radical (unpaired) electrons. The number of rotatable bonds is 5. The zero-order valence-corrected chi connectivity index (χ0v) is 14.1. The molecule has 23 heavy (non-hydrogen) atoms. The first kappa shape index (κ1) is 15.6. The predicted molar refractivity (Wildman–Crippen MR) is 89.6 cm³/mol. The van der Waals surface area contributed by atoms with Crippen LogP contribution in [0.5, 0.6) is 0 Å². The van der Waals surface area contributed by atoms with E-state index < -0.39 is 5.76 Å². The first-order chi connectivity index (χ1) is 11.1. The summed E-state index contributed by atoms with van der Waals surface area (Å²) in [5.41, 5.74) is 1.87. The molecule has 0 amide bonds. The zero-order chi connectivity index (χ0) is 16.2. The van der Waals surface area contributed by atoms with E-state index in [-0.39, 0.29) is 0 Å². The Morgan fingerprint density at radius 1 is 1.26 bits per heavy atom. The molecule has 0 bridgehead atoms. The molecule has 6 nitrogen and oxygen atoms in total. The van der Waals surface area contributed by atoms with Crippen molar-refractivity contribution in [3.8, 4) is 11.5 Å². The molecule has 2 aromatic heterocycles. The smallest absolute Gasteiger partial charge is 0.388 e. The number of hydrogen-bond acceptors (Lipinski definition) is 5. The summed E-state index contributed by atoms with van der Waals surface area (Å²) in [4.78, 5) is 17.9. The van der Waals surface area contributed by atoms with Crippen molar-refractivity contribution >= 4 is 15.9 Å². The van der Waals surface area contributed by atoms with Crippen LogP contribution in [0.2, 0.25) is 0 Å². The van der Waals surface area contributed by atoms with Gasteiger partial charge in [0.25, 0.3) is 0 Å². The molecular weight excluding hydrogens is 360 g/mol. The van der Waals surface area contributed by atoms with E-state index in [1.165, 1.54) is 4.68 Å². The standard InChI is InChI=1S/C16H15BrN4O2/c1-20(10-12-3-2-4-14(17)9-12)11-21-16(22)23-15(19-21)13-5-7-18-8-6-13/h2-9H,10-11H2,1H3. The molecular formula is C16H15BrN4O2. The van der Waals surface area contributed by atoms with E-state index in [0.29, 0.717) is 19.1 Å². The molecule has 0 spiro atoms. The van der Waals surface area contributed by atoms with Crippen molar-refractivity contribution in [3.05, 3.63) is 69.4 Å². The van der Waals surface area contributed by atoms with Crippen LogP contribution in [0.4, 0.5) is 0 Å². The summed E-state index contributed by atoms with van der Waals surface area (Å²) in [7, 11) is 1.92. The lowest BCUT2D eigenvalue weighted by Gasteiger charge is -2.15. The molecule has 3 rings (SSSR count). The zero-order valence-electron chi connectivity index (χ0n) is 12.5. The van der Waals surface area contributed by atoms with E-state index in [1.807, 2.05) is 36.2 Å². The second-order valence-corrected chi connectivity index (χ2v) is 6.11. The fourth-order valence-electron chi connectivity index (χ4n) is 2.23. The van der Waals surface area contributed by atoms with Gasteiger partial charge in [0.05, 0.1) is 0 Å². The molecule has 0 saturated carbocycles. The van der Waals surface area contributed by atoms with Crippen LogP contribution in [-0.2, 0) is 13.2 Å². The van der Waals surface area contributed by atoms with Crippen molar-refractivity contribution in [2.24, 2.45) is 0 Å². The highest BCUT2D eigenvalue weighted by Crippen LogP contribution is 2.14. The van der Waals surface area contributed by atoms with Crippen LogP contribution in [0.1, 0.15) is 5.56 Å². The summed E-state index contributed by atoms with van der Waals surface area (Å²) in [6.07, 6.45) is 3.27. The molecule has 118 valence electrons. The highest BCUT2D eigenvalue weighted by molar-refractivity contribution is 9.10. The summed E-state index contributed by atoms with van der Waals surface area (Å²) < 4.78 is 7.55. The quantitative estimate of drug-likeness (QED) is 0.686. The maximum atomic E-state index is 11.9. The first-order valence-electron chi connectivity index (χ1n) is 7.03. The Morgan fingerprint density at radius 3 is 2.78 bits per heavy atom. The minimum Gasteiger partial charge on any atom is -0.388 e. The summed E-state index contributed by atoms with van der Waals surface area (Å²) in [6.45, 7) is 1.04. The molecule has 1 aromatic carbocycles. The number of hydrogen-bond donors (Lipinski definition) is 0. The maximum Gasteiger partial charge on any atom is 0.438 e. The number of pyridine rings is 1. The molecule has 3 aromatic rings. The third-order valence-corrected chi connectivity index (χ3v) is 3.74. The van der Waals surface area contributed by atoms with Crippen LogP contribution in [0, 0.1) is 0 Å². The maximum absolute atomic E-state index is 11.9. The van der Waals surface area contributed by atoms with Crippen LogP contribution in [0.3, 0.4) is 0 Å². The molecule has 0 aliphatic heterocycles. The highest BCUT2D eigenvalue weighted by atomic mass is 79.9. The lowest BCUT2D eigenvalue weighted by Crippen LogP contribution is -2.28. The average Bonchev–Trinajstić information content (AvgIpc) is 2.89. The highest BCUT2D eigenvalue weighted by Gasteiger charge is 2.11. The second kappa shape index (κ2) is 6.89. The van der Waals surface area contributed by atoms with Gasteiger partial charge < -0.3 is 4.42 Å². The van der Waals surface area contributed by atoms with Gasteiger partial charge in [0.1, 0.15) is 6.67 Å². The minimum atomic E-state index is -0.474. The topological polar surface area (TPSA) is 64.2 Å². The van der Waals surface area contributed by atoms with E-state index >= 15 is 0 Å². The fourth-order valence-corrected chi connectivity index (χ4v) is 2.68. The van der Waals surface area contributed by atoms with Crippen molar-refractivity contribution in [2.75, 3.05) is 7.05 Å². The lowest BCUT2D eigenvalue weighted by atomic mass is 10.2. The third kappa shape index (κ3) is 3.94. The number of aromatic nitrogens is 3. The normalized spacial score (nSPS) is 11.1.